The smallest absolute Gasteiger partial charge is 0.137 e. The number of hydrogen-bond acceptors (Lipinski definition) is 3. The summed E-state index contributed by atoms with van der Waals surface area (Å²) in [5, 5.41) is 4.18. The molecule has 22 heavy (non-hydrogen) atoms. The lowest BCUT2D eigenvalue weighted by atomic mass is 10.1. The molecule has 118 valence electrons. The Labute approximate surface area is 128 Å². The van der Waals surface area contributed by atoms with Crippen LogP contribution in [0.4, 0.5) is 8.78 Å². The number of hydrogen-bond donors (Lipinski definition) is 0. The third-order valence-electron chi connectivity index (χ3n) is 4.09. The van der Waals surface area contributed by atoms with E-state index < -0.39 is 11.6 Å². The predicted molar refractivity (Wildman–Crippen MR) is 79.2 cm³/mol. The Balaban J connectivity index is 1.74. The summed E-state index contributed by atoms with van der Waals surface area (Å²) < 4.78 is 32.0. The van der Waals surface area contributed by atoms with E-state index in [1.807, 2.05) is 6.07 Å². The van der Waals surface area contributed by atoms with Crippen LogP contribution in [0.25, 0.3) is 0 Å². The highest BCUT2D eigenvalue weighted by atomic mass is 19.1. The van der Waals surface area contributed by atoms with Crippen LogP contribution in [0.1, 0.15) is 49.2 Å². The van der Waals surface area contributed by atoms with E-state index in [1.165, 1.54) is 12.1 Å². The van der Waals surface area contributed by atoms with Crippen molar-refractivity contribution >= 4 is 0 Å². The van der Waals surface area contributed by atoms with Gasteiger partial charge in [0.15, 0.2) is 0 Å². The van der Waals surface area contributed by atoms with E-state index in [-0.39, 0.29) is 6.04 Å². The lowest BCUT2D eigenvalue weighted by Gasteiger charge is -2.22. The Kier molecular flexibility index (Phi) is 4.52. The SMILES string of the molecule is CCCc1cc([C@H]2CCCN2Cc2cc(F)cc(F)c2)no1. The second-order valence-electron chi connectivity index (χ2n) is 5.87. The van der Waals surface area contributed by atoms with Gasteiger partial charge < -0.3 is 4.52 Å². The first-order valence-electron chi connectivity index (χ1n) is 7.80. The maximum Gasteiger partial charge on any atom is 0.137 e. The van der Waals surface area contributed by atoms with Gasteiger partial charge in [-0.3, -0.25) is 4.90 Å². The summed E-state index contributed by atoms with van der Waals surface area (Å²) in [4.78, 5) is 2.21. The number of rotatable bonds is 5. The summed E-state index contributed by atoms with van der Waals surface area (Å²) in [6.07, 6.45) is 3.95. The highest BCUT2D eigenvalue weighted by Gasteiger charge is 2.28. The van der Waals surface area contributed by atoms with Crippen molar-refractivity contribution in [3.8, 4) is 0 Å². The molecule has 2 heterocycles. The van der Waals surface area contributed by atoms with Crippen molar-refractivity contribution in [3.63, 3.8) is 0 Å². The lowest BCUT2D eigenvalue weighted by Crippen LogP contribution is -2.23. The molecule has 1 atom stereocenters. The Hall–Kier alpha value is -1.75. The van der Waals surface area contributed by atoms with Gasteiger partial charge in [-0.05, 0) is 43.5 Å². The van der Waals surface area contributed by atoms with Gasteiger partial charge in [0.05, 0.1) is 6.04 Å². The molecule has 0 bridgehead atoms. The number of aromatic nitrogens is 1. The molecular weight excluding hydrogens is 286 g/mol. The first-order valence-corrected chi connectivity index (χ1v) is 7.80. The van der Waals surface area contributed by atoms with Gasteiger partial charge in [0.2, 0.25) is 0 Å². The lowest BCUT2D eigenvalue weighted by molar-refractivity contribution is 0.236. The van der Waals surface area contributed by atoms with Crippen molar-refractivity contribution in [1.29, 1.82) is 0 Å². The van der Waals surface area contributed by atoms with Crippen molar-refractivity contribution < 1.29 is 13.3 Å². The first-order chi connectivity index (χ1) is 10.7. The monoisotopic (exact) mass is 306 g/mol. The molecule has 2 aromatic rings. The molecule has 0 saturated carbocycles. The topological polar surface area (TPSA) is 29.3 Å². The average molecular weight is 306 g/mol. The van der Waals surface area contributed by atoms with Gasteiger partial charge >= 0.3 is 0 Å². The van der Waals surface area contributed by atoms with Gasteiger partial charge in [-0.15, -0.1) is 0 Å². The molecule has 0 N–H and O–H groups in total. The van der Waals surface area contributed by atoms with E-state index >= 15 is 0 Å². The Bertz CT molecular complexity index is 621. The van der Waals surface area contributed by atoms with Crippen molar-refractivity contribution in [2.24, 2.45) is 0 Å². The van der Waals surface area contributed by atoms with Crippen LogP contribution in [-0.4, -0.2) is 16.6 Å². The van der Waals surface area contributed by atoms with Crippen LogP contribution >= 0.6 is 0 Å². The molecular formula is C17H20F2N2O. The van der Waals surface area contributed by atoms with E-state index in [9.17, 15) is 8.78 Å². The number of aryl methyl sites for hydroxylation is 1. The molecule has 0 aliphatic carbocycles. The minimum absolute atomic E-state index is 0.167. The summed E-state index contributed by atoms with van der Waals surface area (Å²) in [5.74, 6) is -0.156. The number of benzene rings is 1. The van der Waals surface area contributed by atoms with Gasteiger partial charge in [-0.1, -0.05) is 12.1 Å². The largest absolute Gasteiger partial charge is 0.361 e. The minimum atomic E-state index is -0.530. The van der Waals surface area contributed by atoms with E-state index in [2.05, 4.69) is 17.0 Å². The molecule has 0 spiro atoms. The summed E-state index contributed by atoms with van der Waals surface area (Å²) in [5.41, 5.74) is 1.58. The number of likely N-dealkylation sites (tertiary alicyclic amines) is 1. The molecule has 3 nitrogen and oxygen atoms in total. The number of nitrogens with zero attached hydrogens (tertiary/aromatic N) is 2. The van der Waals surface area contributed by atoms with Crippen LogP contribution < -0.4 is 0 Å². The van der Waals surface area contributed by atoms with E-state index in [0.29, 0.717) is 12.1 Å². The van der Waals surface area contributed by atoms with Gasteiger partial charge in [0.1, 0.15) is 23.1 Å². The summed E-state index contributed by atoms with van der Waals surface area (Å²) >= 11 is 0. The molecule has 1 aromatic heterocycles. The van der Waals surface area contributed by atoms with E-state index in [1.54, 1.807) is 0 Å². The van der Waals surface area contributed by atoms with Crippen molar-refractivity contribution in [2.45, 2.75) is 45.2 Å². The van der Waals surface area contributed by atoms with Crippen molar-refractivity contribution in [2.75, 3.05) is 6.54 Å². The summed E-state index contributed by atoms with van der Waals surface area (Å²) in [6, 6.07) is 5.87. The van der Waals surface area contributed by atoms with Crippen molar-refractivity contribution in [3.05, 3.63) is 52.9 Å². The molecule has 1 aliphatic rings. The maximum absolute atomic E-state index is 13.3. The Morgan fingerprint density at radius 2 is 2.00 bits per heavy atom. The van der Waals surface area contributed by atoms with Gasteiger partial charge in [-0.25, -0.2) is 8.78 Å². The second kappa shape index (κ2) is 6.57. The standard InChI is InChI=1S/C17H20F2N2O/c1-2-4-15-10-16(20-22-15)17-5-3-6-21(17)11-12-7-13(18)9-14(19)8-12/h7-10,17H,2-6,11H2,1H3/t17-/m1/s1. The fourth-order valence-electron chi connectivity index (χ4n) is 3.14. The third-order valence-corrected chi connectivity index (χ3v) is 4.09. The zero-order valence-corrected chi connectivity index (χ0v) is 12.7. The fraction of sp³-hybridized carbons (Fsp3) is 0.471. The molecule has 1 fully saturated rings. The molecule has 1 saturated heterocycles. The highest BCUT2D eigenvalue weighted by Crippen LogP contribution is 2.33. The van der Waals surface area contributed by atoms with Gasteiger partial charge in [0, 0.05) is 25.1 Å². The molecule has 0 radical (unpaired) electrons. The molecule has 5 heteroatoms. The Morgan fingerprint density at radius 1 is 1.23 bits per heavy atom. The van der Waals surface area contributed by atoms with E-state index in [4.69, 9.17) is 4.52 Å². The average Bonchev–Trinajstić information content (AvgIpc) is 3.07. The third kappa shape index (κ3) is 3.35. The normalized spacial score (nSPS) is 19.0. The van der Waals surface area contributed by atoms with Crippen LogP contribution in [-0.2, 0) is 13.0 Å². The predicted octanol–water partition coefficient (Wildman–Crippen LogP) is 4.24. The zero-order valence-electron chi connectivity index (χ0n) is 12.7. The maximum atomic E-state index is 13.3. The van der Waals surface area contributed by atoms with Gasteiger partial charge in [-0.2, -0.15) is 0 Å². The Morgan fingerprint density at radius 3 is 2.73 bits per heavy atom. The van der Waals surface area contributed by atoms with Gasteiger partial charge in [0.25, 0.3) is 0 Å². The summed E-state index contributed by atoms with van der Waals surface area (Å²) in [6.45, 7) is 3.52. The van der Waals surface area contributed by atoms with Crippen LogP contribution in [0.15, 0.2) is 28.8 Å². The quantitative estimate of drug-likeness (QED) is 0.827. The van der Waals surface area contributed by atoms with E-state index in [0.717, 1.165) is 49.7 Å². The molecule has 0 amide bonds. The van der Waals surface area contributed by atoms with Crippen molar-refractivity contribution in [1.82, 2.24) is 10.1 Å². The van der Waals surface area contributed by atoms with Crippen LogP contribution in [0.3, 0.4) is 0 Å². The minimum Gasteiger partial charge on any atom is -0.361 e. The molecule has 1 aromatic carbocycles. The molecule has 1 aliphatic heterocycles. The highest BCUT2D eigenvalue weighted by molar-refractivity contribution is 5.19. The summed E-state index contributed by atoms with van der Waals surface area (Å²) in [7, 11) is 0. The fourth-order valence-corrected chi connectivity index (χ4v) is 3.14. The second-order valence-corrected chi connectivity index (χ2v) is 5.87. The van der Waals surface area contributed by atoms with Crippen LogP contribution in [0, 0.1) is 11.6 Å². The molecule has 0 unspecified atom stereocenters. The first kappa shape index (κ1) is 15.2. The van der Waals surface area contributed by atoms with Crippen LogP contribution in [0.5, 0.6) is 0 Å². The number of halogens is 2. The van der Waals surface area contributed by atoms with Crippen LogP contribution in [0.2, 0.25) is 0 Å². The zero-order chi connectivity index (χ0) is 15.5. The molecule has 3 rings (SSSR count).